The van der Waals surface area contributed by atoms with Crippen LogP contribution in [0.5, 0.6) is 5.75 Å². The first-order valence-electron chi connectivity index (χ1n) is 5.42. The maximum absolute atomic E-state index is 8.62. The van der Waals surface area contributed by atoms with E-state index in [1.165, 1.54) is 5.56 Å². The van der Waals surface area contributed by atoms with Crippen LogP contribution in [0.4, 0.5) is 0 Å². The zero-order valence-corrected chi connectivity index (χ0v) is 9.63. The minimum absolute atomic E-state index is 0.0142. The highest BCUT2D eigenvalue weighted by Gasteiger charge is 2.01. The second-order valence-corrected chi connectivity index (χ2v) is 3.68. The van der Waals surface area contributed by atoms with Crippen molar-refractivity contribution in [2.75, 3.05) is 13.2 Å². The third kappa shape index (κ3) is 3.01. The normalized spacial score (nSPS) is 10.2. The molecule has 0 atom stereocenters. The lowest BCUT2D eigenvalue weighted by molar-refractivity contribution is 0.200. The molecule has 1 aromatic heterocycles. The molecule has 0 saturated heterocycles. The molecule has 2 rings (SSSR count). The van der Waals surface area contributed by atoms with Crippen molar-refractivity contribution in [3.63, 3.8) is 0 Å². The van der Waals surface area contributed by atoms with Crippen LogP contribution in [0.2, 0.25) is 0 Å². The van der Waals surface area contributed by atoms with Crippen LogP contribution in [0, 0.1) is 6.92 Å². The van der Waals surface area contributed by atoms with Gasteiger partial charge < -0.3 is 9.84 Å². The summed E-state index contributed by atoms with van der Waals surface area (Å²) in [5.41, 5.74) is 2.18. The monoisotopic (exact) mass is 230 g/mol. The molecule has 2 aromatic rings. The number of aliphatic hydroxyl groups is 1. The van der Waals surface area contributed by atoms with Gasteiger partial charge in [0.15, 0.2) is 11.6 Å². The summed E-state index contributed by atoms with van der Waals surface area (Å²) in [7, 11) is 0. The molecule has 1 aromatic carbocycles. The molecule has 0 bridgehead atoms. The van der Waals surface area contributed by atoms with Crippen LogP contribution in [-0.2, 0) is 0 Å². The number of hydrogen-bond donors (Lipinski definition) is 1. The fourth-order valence-corrected chi connectivity index (χ4v) is 1.41. The Labute approximate surface area is 99.9 Å². The first-order valence-corrected chi connectivity index (χ1v) is 5.42. The first kappa shape index (κ1) is 11.5. The summed E-state index contributed by atoms with van der Waals surface area (Å²) in [5.74, 6) is 1.23. The fraction of sp³-hybridized carbons (Fsp3) is 0.231. The van der Waals surface area contributed by atoms with E-state index in [-0.39, 0.29) is 13.2 Å². The molecule has 0 fully saturated rings. The molecule has 1 heterocycles. The van der Waals surface area contributed by atoms with Crippen molar-refractivity contribution in [1.29, 1.82) is 0 Å². The Hall–Kier alpha value is -1.94. The molecular weight excluding hydrogens is 216 g/mol. The molecule has 0 amide bonds. The first-order chi connectivity index (χ1) is 8.29. The van der Waals surface area contributed by atoms with Gasteiger partial charge in [-0.25, -0.2) is 9.97 Å². The summed E-state index contributed by atoms with van der Waals surface area (Å²) >= 11 is 0. The highest BCUT2D eigenvalue weighted by Crippen LogP contribution is 2.16. The van der Waals surface area contributed by atoms with Crippen molar-refractivity contribution in [3.8, 4) is 17.1 Å². The number of nitrogens with zero attached hydrogens (tertiary/aromatic N) is 2. The molecule has 17 heavy (non-hydrogen) atoms. The molecule has 0 saturated carbocycles. The van der Waals surface area contributed by atoms with E-state index in [9.17, 15) is 0 Å². The maximum atomic E-state index is 8.62. The van der Waals surface area contributed by atoms with Crippen LogP contribution >= 0.6 is 0 Å². The summed E-state index contributed by atoms with van der Waals surface area (Å²) in [6.07, 6.45) is 3.22. The summed E-state index contributed by atoms with van der Waals surface area (Å²) in [6.45, 7) is 2.28. The molecule has 4 nitrogen and oxygen atoms in total. The number of benzene rings is 1. The van der Waals surface area contributed by atoms with E-state index in [1.54, 1.807) is 12.4 Å². The van der Waals surface area contributed by atoms with Crippen molar-refractivity contribution in [1.82, 2.24) is 9.97 Å². The Kier molecular flexibility index (Phi) is 3.67. The van der Waals surface area contributed by atoms with Crippen molar-refractivity contribution in [3.05, 3.63) is 42.2 Å². The van der Waals surface area contributed by atoms with Crippen LogP contribution in [0.15, 0.2) is 36.7 Å². The van der Waals surface area contributed by atoms with Crippen molar-refractivity contribution in [2.24, 2.45) is 0 Å². The van der Waals surface area contributed by atoms with E-state index in [0.717, 1.165) is 5.56 Å². The molecule has 0 aliphatic carbocycles. The fourth-order valence-electron chi connectivity index (χ4n) is 1.41. The van der Waals surface area contributed by atoms with E-state index in [1.807, 2.05) is 31.2 Å². The van der Waals surface area contributed by atoms with E-state index in [2.05, 4.69) is 9.97 Å². The molecule has 0 aliphatic rings. The third-order valence-corrected chi connectivity index (χ3v) is 2.30. The molecule has 0 aliphatic heterocycles. The van der Waals surface area contributed by atoms with Gasteiger partial charge in [-0.2, -0.15) is 0 Å². The van der Waals surface area contributed by atoms with Crippen molar-refractivity contribution < 1.29 is 9.84 Å². The van der Waals surface area contributed by atoms with Gasteiger partial charge in [-0.05, 0) is 6.92 Å². The third-order valence-electron chi connectivity index (χ3n) is 2.30. The second kappa shape index (κ2) is 5.41. The minimum Gasteiger partial charge on any atom is -0.488 e. The van der Waals surface area contributed by atoms with Crippen LogP contribution in [0.25, 0.3) is 11.4 Å². The van der Waals surface area contributed by atoms with E-state index in [4.69, 9.17) is 9.84 Å². The molecule has 0 unspecified atom stereocenters. The summed E-state index contributed by atoms with van der Waals surface area (Å²) in [6, 6.07) is 8.02. The summed E-state index contributed by atoms with van der Waals surface area (Å²) in [5, 5.41) is 8.62. The Balaban J connectivity index is 2.14. The number of hydrogen-bond acceptors (Lipinski definition) is 4. The SMILES string of the molecule is Cc1ccc(-c2ncc(OCCO)cn2)cc1. The Morgan fingerprint density at radius 1 is 1.12 bits per heavy atom. The summed E-state index contributed by atoms with van der Waals surface area (Å²) < 4.78 is 5.19. The zero-order valence-electron chi connectivity index (χ0n) is 9.63. The molecule has 1 N–H and O–H groups in total. The number of ether oxygens (including phenoxy) is 1. The van der Waals surface area contributed by atoms with Gasteiger partial charge in [0.05, 0.1) is 19.0 Å². The molecule has 0 radical (unpaired) electrons. The number of aromatic nitrogens is 2. The lowest BCUT2D eigenvalue weighted by Crippen LogP contribution is -2.02. The number of aryl methyl sites for hydroxylation is 1. The topological polar surface area (TPSA) is 55.2 Å². The average Bonchev–Trinajstić information content (AvgIpc) is 2.38. The molecule has 88 valence electrons. The number of rotatable bonds is 4. The predicted molar refractivity (Wildman–Crippen MR) is 64.8 cm³/mol. The second-order valence-electron chi connectivity index (χ2n) is 3.68. The van der Waals surface area contributed by atoms with Gasteiger partial charge in [-0.1, -0.05) is 29.8 Å². The van der Waals surface area contributed by atoms with E-state index in [0.29, 0.717) is 11.6 Å². The van der Waals surface area contributed by atoms with Gasteiger partial charge in [0.1, 0.15) is 6.61 Å². The lowest BCUT2D eigenvalue weighted by Gasteiger charge is -2.04. The highest BCUT2D eigenvalue weighted by atomic mass is 16.5. The molecular formula is C13H14N2O2. The van der Waals surface area contributed by atoms with Gasteiger partial charge in [0.2, 0.25) is 0 Å². The van der Waals surface area contributed by atoms with Crippen LogP contribution in [0.3, 0.4) is 0 Å². The van der Waals surface area contributed by atoms with Gasteiger partial charge in [-0.3, -0.25) is 0 Å². The van der Waals surface area contributed by atoms with Crippen LogP contribution < -0.4 is 4.74 Å². The van der Waals surface area contributed by atoms with Gasteiger partial charge in [0, 0.05) is 5.56 Å². The maximum Gasteiger partial charge on any atom is 0.159 e. The number of aliphatic hydroxyl groups excluding tert-OH is 1. The largest absolute Gasteiger partial charge is 0.488 e. The minimum atomic E-state index is -0.0142. The van der Waals surface area contributed by atoms with Crippen LogP contribution in [-0.4, -0.2) is 28.3 Å². The van der Waals surface area contributed by atoms with E-state index < -0.39 is 0 Å². The summed E-state index contributed by atoms with van der Waals surface area (Å²) in [4.78, 5) is 8.43. The Bertz CT molecular complexity index is 466. The predicted octanol–water partition coefficient (Wildman–Crippen LogP) is 1.82. The smallest absolute Gasteiger partial charge is 0.159 e. The van der Waals surface area contributed by atoms with E-state index >= 15 is 0 Å². The van der Waals surface area contributed by atoms with Crippen molar-refractivity contribution in [2.45, 2.75) is 6.92 Å². The highest BCUT2D eigenvalue weighted by molar-refractivity contribution is 5.55. The zero-order chi connectivity index (χ0) is 12.1. The molecule has 4 heteroatoms. The van der Waals surface area contributed by atoms with Gasteiger partial charge in [-0.15, -0.1) is 0 Å². The van der Waals surface area contributed by atoms with Gasteiger partial charge in [0.25, 0.3) is 0 Å². The Morgan fingerprint density at radius 2 is 1.76 bits per heavy atom. The Morgan fingerprint density at radius 3 is 2.35 bits per heavy atom. The molecule has 0 spiro atoms. The lowest BCUT2D eigenvalue weighted by atomic mass is 10.1. The van der Waals surface area contributed by atoms with Crippen molar-refractivity contribution >= 4 is 0 Å². The van der Waals surface area contributed by atoms with Crippen LogP contribution in [0.1, 0.15) is 5.56 Å². The average molecular weight is 230 g/mol. The standard InChI is InChI=1S/C13H14N2O2/c1-10-2-4-11(5-3-10)13-14-8-12(9-15-13)17-7-6-16/h2-5,8-9,16H,6-7H2,1H3. The quantitative estimate of drug-likeness (QED) is 0.870. The van der Waals surface area contributed by atoms with Gasteiger partial charge >= 0.3 is 0 Å².